The Morgan fingerprint density at radius 3 is 1.56 bits per heavy atom. The summed E-state index contributed by atoms with van der Waals surface area (Å²) in [5.74, 6) is 18.8. The third kappa shape index (κ3) is 8.01. The third-order valence-electron chi connectivity index (χ3n) is 22.3. The molecule has 0 aromatic carbocycles. The van der Waals surface area contributed by atoms with E-state index in [1.807, 2.05) is 0 Å². The summed E-state index contributed by atoms with van der Waals surface area (Å²) >= 11 is 0. The van der Waals surface area contributed by atoms with Crippen LogP contribution >= 0.6 is 0 Å². The van der Waals surface area contributed by atoms with Gasteiger partial charge in [0.15, 0.2) is 0 Å². The zero-order valence-corrected chi connectivity index (χ0v) is 36.8. The Kier molecular flexibility index (Phi) is 12.5. The number of fused-ring (bicyclic) bond motifs is 7. The largest absolute Gasteiger partial charge is 0.0648 e. The molecule has 10 rings (SSSR count). The van der Waals surface area contributed by atoms with E-state index in [0.717, 1.165) is 106 Å². The summed E-state index contributed by atoms with van der Waals surface area (Å²) in [7, 11) is 0. The standard InChI is InChI=1S/C55H92/c1-2-55(32-33-55)45-30-31-50-52(37-45)53(48-24-14-15-25-49(48)54(50)44-21-7-4-3-6-17-39-18-12-13-19-42(39)36-44)41-28-26-40(27-29-41)51-35-38-16-10-11-20-43(34-38)46-22-8-5-9-23-47(46)51/h38-54H,2-37H2,1H3. The summed E-state index contributed by atoms with van der Waals surface area (Å²) in [6.07, 6.45) is 57.8. The highest BCUT2D eigenvalue weighted by molar-refractivity contribution is 5.08. The highest BCUT2D eigenvalue weighted by Crippen LogP contribution is 2.67. The van der Waals surface area contributed by atoms with Crippen LogP contribution < -0.4 is 0 Å². The van der Waals surface area contributed by atoms with Crippen molar-refractivity contribution in [2.45, 2.75) is 238 Å². The van der Waals surface area contributed by atoms with Crippen LogP contribution in [0.5, 0.6) is 0 Å². The summed E-state index contributed by atoms with van der Waals surface area (Å²) in [6.45, 7) is 2.60. The van der Waals surface area contributed by atoms with E-state index in [9.17, 15) is 0 Å². The van der Waals surface area contributed by atoms with Crippen LogP contribution in [0.2, 0.25) is 0 Å². The molecule has 15 atom stereocenters. The summed E-state index contributed by atoms with van der Waals surface area (Å²) in [5, 5.41) is 0. The van der Waals surface area contributed by atoms with Crippen LogP contribution in [0.1, 0.15) is 238 Å². The molecule has 15 unspecified atom stereocenters. The summed E-state index contributed by atoms with van der Waals surface area (Å²) in [4.78, 5) is 0. The summed E-state index contributed by atoms with van der Waals surface area (Å²) < 4.78 is 0. The molecule has 0 amide bonds. The molecule has 2 bridgehead atoms. The first-order chi connectivity index (χ1) is 27.2. The molecule has 10 fully saturated rings. The predicted octanol–water partition coefficient (Wildman–Crippen LogP) is 16.6. The fourth-order valence-corrected chi connectivity index (χ4v) is 19.7. The average Bonchev–Trinajstić information content (AvgIpc) is 4.09. The van der Waals surface area contributed by atoms with E-state index >= 15 is 0 Å². The van der Waals surface area contributed by atoms with Gasteiger partial charge in [0.1, 0.15) is 0 Å². The zero-order valence-electron chi connectivity index (χ0n) is 36.8. The Labute approximate surface area is 342 Å². The normalized spacial score (nSPS) is 50.7. The van der Waals surface area contributed by atoms with Gasteiger partial charge in [0.25, 0.3) is 0 Å². The molecule has 0 spiro atoms. The Hall–Kier alpha value is 0. The van der Waals surface area contributed by atoms with Crippen LogP contribution in [0.3, 0.4) is 0 Å². The molecule has 0 radical (unpaired) electrons. The topological polar surface area (TPSA) is 0 Å². The van der Waals surface area contributed by atoms with Crippen LogP contribution in [0.4, 0.5) is 0 Å². The van der Waals surface area contributed by atoms with E-state index in [2.05, 4.69) is 6.92 Å². The van der Waals surface area contributed by atoms with Crippen molar-refractivity contribution in [3.63, 3.8) is 0 Å². The van der Waals surface area contributed by atoms with Crippen molar-refractivity contribution in [2.75, 3.05) is 0 Å². The smallest absolute Gasteiger partial charge is 0.0271 e. The zero-order chi connectivity index (χ0) is 36.8. The van der Waals surface area contributed by atoms with Crippen molar-refractivity contribution in [2.24, 2.45) is 106 Å². The molecule has 0 heterocycles. The molecule has 0 aliphatic heterocycles. The first-order valence-corrected chi connectivity index (χ1v) is 27.2. The Morgan fingerprint density at radius 1 is 0.309 bits per heavy atom. The molecule has 0 heteroatoms. The SMILES string of the molecule is CCC1(C2CCC3C(C2)C(C2CCC(C4CC5CCCCC(C5)C5CCCCCC54)CC2)C2CCCCC2C3C2CCCCCCC3CCCCC3C2)CC1. The summed E-state index contributed by atoms with van der Waals surface area (Å²) in [6, 6.07) is 0. The lowest BCUT2D eigenvalue weighted by atomic mass is 9.44. The number of hydrogen-bond donors (Lipinski definition) is 0. The van der Waals surface area contributed by atoms with Crippen molar-refractivity contribution in [3.05, 3.63) is 0 Å². The third-order valence-corrected chi connectivity index (χ3v) is 22.3. The maximum atomic E-state index is 2.60. The van der Waals surface area contributed by atoms with Gasteiger partial charge in [-0.1, -0.05) is 135 Å². The van der Waals surface area contributed by atoms with Crippen molar-refractivity contribution in [3.8, 4) is 0 Å². The van der Waals surface area contributed by atoms with Crippen LogP contribution in [0.25, 0.3) is 0 Å². The minimum atomic E-state index is 0.781. The molecule has 10 aliphatic carbocycles. The summed E-state index contributed by atoms with van der Waals surface area (Å²) in [5.41, 5.74) is 0.781. The minimum Gasteiger partial charge on any atom is -0.0648 e. The molecular weight excluding hydrogens is 661 g/mol. The van der Waals surface area contributed by atoms with E-state index in [0.29, 0.717) is 0 Å². The van der Waals surface area contributed by atoms with Crippen molar-refractivity contribution >= 4 is 0 Å². The lowest BCUT2D eigenvalue weighted by molar-refractivity contribution is -0.127. The van der Waals surface area contributed by atoms with Crippen LogP contribution in [-0.2, 0) is 0 Å². The maximum absolute atomic E-state index is 2.60. The maximum Gasteiger partial charge on any atom is -0.0271 e. The lowest BCUT2D eigenvalue weighted by Gasteiger charge is -2.61. The Bertz CT molecular complexity index is 1200. The molecular formula is C55H92. The van der Waals surface area contributed by atoms with Crippen LogP contribution in [0, 0.1) is 106 Å². The molecule has 10 saturated carbocycles. The fraction of sp³-hybridized carbons (Fsp3) is 1.00. The van der Waals surface area contributed by atoms with Crippen LogP contribution in [-0.4, -0.2) is 0 Å². The van der Waals surface area contributed by atoms with Crippen molar-refractivity contribution in [1.29, 1.82) is 0 Å². The van der Waals surface area contributed by atoms with Gasteiger partial charge in [-0.05, 0) is 209 Å². The second-order valence-corrected chi connectivity index (χ2v) is 24.3. The molecule has 0 aromatic rings. The molecule has 55 heavy (non-hydrogen) atoms. The van der Waals surface area contributed by atoms with E-state index in [1.54, 1.807) is 225 Å². The van der Waals surface area contributed by atoms with Gasteiger partial charge in [-0.25, -0.2) is 0 Å². The quantitative estimate of drug-likeness (QED) is 0.262. The van der Waals surface area contributed by atoms with Gasteiger partial charge in [-0.15, -0.1) is 0 Å². The van der Waals surface area contributed by atoms with Gasteiger partial charge >= 0.3 is 0 Å². The minimum absolute atomic E-state index is 0.781. The van der Waals surface area contributed by atoms with Gasteiger partial charge < -0.3 is 0 Å². The molecule has 312 valence electrons. The van der Waals surface area contributed by atoms with Gasteiger partial charge in [0.05, 0.1) is 0 Å². The van der Waals surface area contributed by atoms with Gasteiger partial charge in [-0.3, -0.25) is 0 Å². The van der Waals surface area contributed by atoms with E-state index in [1.165, 1.54) is 6.42 Å². The number of rotatable bonds is 5. The van der Waals surface area contributed by atoms with Gasteiger partial charge in [-0.2, -0.15) is 0 Å². The Morgan fingerprint density at radius 2 is 0.836 bits per heavy atom. The fourth-order valence-electron chi connectivity index (χ4n) is 19.7. The highest BCUT2D eigenvalue weighted by atomic mass is 14.6. The molecule has 10 aliphatic rings. The van der Waals surface area contributed by atoms with Crippen molar-refractivity contribution < 1.29 is 0 Å². The average molecular weight is 753 g/mol. The molecule has 0 N–H and O–H groups in total. The van der Waals surface area contributed by atoms with Gasteiger partial charge in [0, 0.05) is 0 Å². The predicted molar refractivity (Wildman–Crippen MR) is 234 cm³/mol. The second kappa shape index (κ2) is 17.5. The monoisotopic (exact) mass is 753 g/mol. The van der Waals surface area contributed by atoms with E-state index in [-0.39, 0.29) is 0 Å². The van der Waals surface area contributed by atoms with Gasteiger partial charge in [0.2, 0.25) is 0 Å². The lowest BCUT2D eigenvalue weighted by Crippen LogP contribution is -2.54. The Balaban J connectivity index is 0.919. The van der Waals surface area contributed by atoms with Crippen LogP contribution in [0.15, 0.2) is 0 Å². The first-order valence-electron chi connectivity index (χ1n) is 27.2. The number of hydrogen-bond acceptors (Lipinski definition) is 0. The molecule has 0 nitrogen and oxygen atoms in total. The first kappa shape index (κ1) is 39.2. The van der Waals surface area contributed by atoms with E-state index < -0.39 is 0 Å². The second-order valence-electron chi connectivity index (χ2n) is 24.3. The molecule has 0 aromatic heterocycles. The van der Waals surface area contributed by atoms with E-state index in [4.69, 9.17) is 0 Å². The highest BCUT2D eigenvalue weighted by Gasteiger charge is 2.59. The van der Waals surface area contributed by atoms with Crippen molar-refractivity contribution in [1.82, 2.24) is 0 Å². The molecule has 0 saturated heterocycles.